The van der Waals surface area contributed by atoms with Crippen molar-refractivity contribution in [2.45, 2.75) is 20.4 Å². The SMILES string of the molecule is CCNCc1coc(N(C)CCOCC)n1. The average molecular weight is 227 g/mol. The number of aromatic nitrogens is 1. The molecule has 0 aromatic carbocycles. The van der Waals surface area contributed by atoms with Gasteiger partial charge in [-0.1, -0.05) is 6.92 Å². The predicted octanol–water partition coefficient (Wildman–Crippen LogP) is 1.26. The molecule has 0 aliphatic rings. The van der Waals surface area contributed by atoms with Gasteiger partial charge in [0.05, 0.1) is 12.3 Å². The van der Waals surface area contributed by atoms with Gasteiger partial charge in [0, 0.05) is 26.7 Å². The second-order valence-corrected chi connectivity index (χ2v) is 3.52. The first-order valence-electron chi connectivity index (χ1n) is 5.71. The third kappa shape index (κ3) is 4.20. The van der Waals surface area contributed by atoms with Gasteiger partial charge in [-0.3, -0.25) is 0 Å². The number of oxazole rings is 1. The van der Waals surface area contributed by atoms with E-state index in [-0.39, 0.29) is 0 Å². The Morgan fingerprint density at radius 2 is 2.31 bits per heavy atom. The summed E-state index contributed by atoms with van der Waals surface area (Å²) in [6.07, 6.45) is 1.69. The number of nitrogens with one attached hydrogen (secondary N) is 1. The Bertz CT molecular complexity index is 289. The molecule has 0 fully saturated rings. The van der Waals surface area contributed by atoms with Gasteiger partial charge in [-0.05, 0) is 13.5 Å². The first-order valence-corrected chi connectivity index (χ1v) is 5.71. The molecule has 1 N–H and O–H groups in total. The number of hydrogen-bond acceptors (Lipinski definition) is 5. The highest BCUT2D eigenvalue weighted by molar-refractivity contribution is 5.24. The standard InChI is InChI=1S/C11H21N3O2/c1-4-12-8-10-9-16-11(13-10)14(3)6-7-15-5-2/h9,12H,4-8H2,1-3H3. The van der Waals surface area contributed by atoms with E-state index in [4.69, 9.17) is 9.15 Å². The van der Waals surface area contributed by atoms with E-state index in [0.717, 1.165) is 31.9 Å². The van der Waals surface area contributed by atoms with Crippen LogP contribution in [-0.2, 0) is 11.3 Å². The molecular formula is C11H21N3O2. The van der Waals surface area contributed by atoms with Crippen LogP contribution in [0.4, 0.5) is 6.01 Å². The van der Waals surface area contributed by atoms with E-state index in [1.807, 2.05) is 18.9 Å². The van der Waals surface area contributed by atoms with Gasteiger partial charge in [0.2, 0.25) is 0 Å². The molecule has 0 unspecified atom stereocenters. The summed E-state index contributed by atoms with van der Waals surface area (Å²) in [6, 6.07) is 0.646. The molecular weight excluding hydrogens is 206 g/mol. The van der Waals surface area contributed by atoms with Gasteiger partial charge < -0.3 is 19.4 Å². The van der Waals surface area contributed by atoms with Gasteiger partial charge in [-0.15, -0.1) is 0 Å². The fourth-order valence-electron chi connectivity index (χ4n) is 1.25. The van der Waals surface area contributed by atoms with Crippen molar-refractivity contribution in [1.82, 2.24) is 10.3 Å². The Morgan fingerprint density at radius 3 is 3.00 bits per heavy atom. The van der Waals surface area contributed by atoms with Crippen LogP contribution in [0.3, 0.4) is 0 Å². The summed E-state index contributed by atoms with van der Waals surface area (Å²) in [7, 11) is 1.95. The molecule has 1 aromatic rings. The second kappa shape index (κ2) is 7.24. The molecule has 0 spiro atoms. The van der Waals surface area contributed by atoms with Gasteiger partial charge in [-0.25, -0.2) is 0 Å². The summed E-state index contributed by atoms with van der Waals surface area (Å²) in [6.45, 7) is 7.95. The van der Waals surface area contributed by atoms with Crippen molar-refractivity contribution in [3.05, 3.63) is 12.0 Å². The summed E-state index contributed by atoms with van der Waals surface area (Å²) in [5.41, 5.74) is 0.931. The summed E-state index contributed by atoms with van der Waals surface area (Å²) < 4.78 is 10.6. The Hall–Kier alpha value is -1.07. The van der Waals surface area contributed by atoms with E-state index in [9.17, 15) is 0 Å². The number of likely N-dealkylation sites (N-methyl/N-ethyl adjacent to an activating group) is 1. The predicted molar refractivity (Wildman–Crippen MR) is 63.6 cm³/mol. The quantitative estimate of drug-likeness (QED) is 0.677. The van der Waals surface area contributed by atoms with Crippen LogP contribution in [-0.4, -0.2) is 38.3 Å². The summed E-state index contributed by atoms with van der Waals surface area (Å²) in [4.78, 5) is 6.32. The maximum absolute atomic E-state index is 5.37. The number of rotatable bonds is 8. The zero-order chi connectivity index (χ0) is 11.8. The molecule has 0 aliphatic heterocycles. The fourth-order valence-corrected chi connectivity index (χ4v) is 1.25. The summed E-state index contributed by atoms with van der Waals surface area (Å²) in [5, 5.41) is 3.20. The molecule has 1 heterocycles. The lowest BCUT2D eigenvalue weighted by Gasteiger charge is -2.13. The molecule has 5 heteroatoms. The van der Waals surface area contributed by atoms with E-state index < -0.39 is 0 Å². The smallest absolute Gasteiger partial charge is 0.297 e. The number of anilines is 1. The molecule has 0 saturated carbocycles. The monoisotopic (exact) mass is 227 g/mol. The van der Waals surface area contributed by atoms with Crippen molar-refractivity contribution in [3.63, 3.8) is 0 Å². The van der Waals surface area contributed by atoms with E-state index >= 15 is 0 Å². The highest BCUT2D eigenvalue weighted by Gasteiger charge is 2.08. The topological polar surface area (TPSA) is 50.5 Å². The van der Waals surface area contributed by atoms with Crippen molar-refractivity contribution in [1.29, 1.82) is 0 Å². The number of ether oxygens (including phenoxy) is 1. The molecule has 0 bridgehead atoms. The lowest BCUT2D eigenvalue weighted by atomic mass is 10.5. The highest BCUT2D eigenvalue weighted by atomic mass is 16.5. The van der Waals surface area contributed by atoms with Crippen LogP contribution in [0.2, 0.25) is 0 Å². The minimum absolute atomic E-state index is 0.646. The van der Waals surface area contributed by atoms with E-state index in [0.29, 0.717) is 12.6 Å². The lowest BCUT2D eigenvalue weighted by Crippen LogP contribution is -2.23. The summed E-state index contributed by atoms with van der Waals surface area (Å²) >= 11 is 0. The molecule has 0 aliphatic carbocycles. The molecule has 16 heavy (non-hydrogen) atoms. The van der Waals surface area contributed by atoms with Crippen LogP contribution in [0.1, 0.15) is 19.5 Å². The fraction of sp³-hybridized carbons (Fsp3) is 0.727. The zero-order valence-electron chi connectivity index (χ0n) is 10.3. The molecule has 0 amide bonds. The van der Waals surface area contributed by atoms with Crippen LogP contribution in [0.25, 0.3) is 0 Å². The van der Waals surface area contributed by atoms with Gasteiger partial charge in [0.15, 0.2) is 0 Å². The molecule has 92 valence electrons. The van der Waals surface area contributed by atoms with E-state index in [2.05, 4.69) is 17.2 Å². The molecule has 1 aromatic heterocycles. The zero-order valence-corrected chi connectivity index (χ0v) is 10.3. The second-order valence-electron chi connectivity index (χ2n) is 3.52. The molecule has 0 saturated heterocycles. The van der Waals surface area contributed by atoms with Crippen molar-refractivity contribution < 1.29 is 9.15 Å². The third-order valence-corrected chi connectivity index (χ3v) is 2.20. The number of nitrogens with zero attached hydrogens (tertiary/aromatic N) is 2. The Morgan fingerprint density at radius 1 is 1.50 bits per heavy atom. The van der Waals surface area contributed by atoms with E-state index in [1.54, 1.807) is 6.26 Å². The van der Waals surface area contributed by atoms with Crippen LogP contribution >= 0.6 is 0 Å². The lowest BCUT2D eigenvalue weighted by molar-refractivity contribution is 0.154. The van der Waals surface area contributed by atoms with Gasteiger partial charge >= 0.3 is 0 Å². The molecule has 1 rings (SSSR count). The number of hydrogen-bond donors (Lipinski definition) is 1. The van der Waals surface area contributed by atoms with Crippen molar-refractivity contribution in [3.8, 4) is 0 Å². The summed E-state index contributed by atoms with van der Waals surface area (Å²) in [5.74, 6) is 0. The van der Waals surface area contributed by atoms with Crippen molar-refractivity contribution in [2.75, 3.05) is 38.3 Å². The van der Waals surface area contributed by atoms with Crippen LogP contribution in [0, 0.1) is 0 Å². The Balaban J connectivity index is 2.37. The normalized spacial score (nSPS) is 10.7. The molecule has 0 radical (unpaired) electrons. The van der Waals surface area contributed by atoms with Crippen LogP contribution in [0.5, 0.6) is 0 Å². The van der Waals surface area contributed by atoms with Gasteiger partial charge in [0.25, 0.3) is 6.01 Å². The Kier molecular flexibility index (Phi) is 5.88. The minimum atomic E-state index is 0.646. The average Bonchev–Trinajstić information content (AvgIpc) is 2.75. The maximum atomic E-state index is 5.37. The van der Waals surface area contributed by atoms with Crippen LogP contribution in [0.15, 0.2) is 10.7 Å². The highest BCUT2D eigenvalue weighted by Crippen LogP contribution is 2.11. The van der Waals surface area contributed by atoms with Crippen molar-refractivity contribution >= 4 is 6.01 Å². The third-order valence-electron chi connectivity index (χ3n) is 2.20. The van der Waals surface area contributed by atoms with E-state index in [1.165, 1.54) is 0 Å². The van der Waals surface area contributed by atoms with Gasteiger partial charge in [0.1, 0.15) is 6.26 Å². The van der Waals surface area contributed by atoms with Crippen LogP contribution < -0.4 is 10.2 Å². The van der Waals surface area contributed by atoms with Crippen molar-refractivity contribution in [2.24, 2.45) is 0 Å². The minimum Gasteiger partial charge on any atom is -0.432 e. The Labute approximate surface area is 96.8 Å². The first-order chi connectivity index (χ1) is 7.77. The molecule has 5 nitrogen and oxygen atoms in total. The largest absolute Gasteiger partial charge is 0.432 e. The van der Waals surface area contributed by atoms with Gasteiger partial charge in [-0.2, -0.15) is 4.98 Å². The maximum Gasteiger partial charge on any atom is 0.297 e. The first kappa shape index (κ1) is 13.0. The molecule has 0 atom stereocenters.